The van der Waals surface area contributed by atoms with E-state index in [0.29, 0.717) is 16.5 Å². The summed E-state index contributed by atoms with van der Waals surface area (Å²) >= 11 is 6.02. The highest BCUT2D eigenvalue weighted by molar-refractivity contribution is 6.32. The summed E-state index contributed by atoms with van der Waals surface area (Å²) < 4.78 is 5.07. The number of hydrogen-bond donors (Lipinski definition) is 2. The van der Waals surface area contributed by atoms with Gasteiger partial charge in [-0.05, 0) is 31.0 Å². The second kappa shape index (κ2) is 7.71. The zero-order valence-electron chi connectivity index (χ0n) is 12.4. The maximum Gasteiger partial charge on any atom is 0.263 e. The molecule has 1 aliphatic rings. The van der Waals surface area contributed by atoms with Crippen LogP contribution in [0.15, 0.2) is 30.0 Å². The van der Waals surface area contributed by atoms with Crippen molar-refractivity contribution in [2.45, 2.75) is 31.7 Å². The highest BCUT2D eigenvalue weighted by atomic mass is 35.5. The number of amides is 1. The van der Waals surface area contributed by atoms with E-state index in [4.69, 9.17) is 21.6 Å². The largest absolute Gasteiger partial charge is 0.495 e. The first-order valence-corrected chi connectivity index (χ1v) is 7.53. The van der Waals surface area contributed by atoms with Crippen molar-refractivity contribution in [1.29, 1.82) is 5.26 Å². The molecule has 0 bridgehead atoms. The maximum absolute atomic E-state index is 12.0. The van der Waals surface area contributed by atoms with Crippen LogP contribution in [0.1, 0.15) is 25.7 Å². The minimum absolute atomic E-state index is 0.0406. The SMILES string of the molecule is COc1ccc(N/C=C(/C#N)C(=O)NC2CCCC2)cc1Cl. The first-order chi connectivity index (χ1) is 10.6. The molecule has 1 aromatic rings. The van der Waals surface area contributed by atoms with Gasteiger partial charge in [-0.3, -0.25) is 4.79 Å². The molecule has 1 aliphatic carbocycles. The van der Waals surface area contributed by atoms with Gasteiger partial charge in [0.05, 0.1) is 12.1 Å². The third-order valence-electron chi connectivity index (χ3n) is 3.59. The van der Waals surface area contributed by atoms with Crippen LogP contribution in [0.4, 0.5) is 5.69 Å². The summed E-state index contributed by atoms with van der Waals surface area (Å²) in [5.41, 5.74) is 0.714. The lowest BCUT2D eigenvalue weighted by Crippen LogP contribution is -2.33. The van der Waals surface area contributed by atoms with Crippen molar-refractivity contribution in [1.82, 2.24) is 5.32 Å². The van der Waals surface area contributed by atoms with E-state index < -0.39 is 0 Å². The summed E-state index contributed by atoms with van der Waals surface area (Å²) in [7, 11) is 1.54. The average molecular weight is 320 g/mol. The van der Waals surface area contributed by atoms with E-state index in [0.717, 1.165) is 25.7 Å². The van der Waals surface area contributed by atoms with Crippen molar-refractivity contribution < 1.29 is 9.53 Å². The Morgan fingerprint density at radius 2 is 2.18 bits per heavy atom. The molecular formula is C16H18ClN3O2. The standard InChI is InChI=1S/C16H18ClN3O2/c1-22-15-7-6-13(8-14(15)17)19-10-11(9-18)16(21)20-12-4-2-3-5-12/h6-8,10,12,19H,2-5H2,1H3,(H,20,21)/b11-10-. The van der Waals surface area contributed by atoms with Gasteiger partial charge in [0.25, 0.3) is 5.91 Å². The summed E-state index contributed by atoms with van der Waals surface area (Å²) in [6.07, 6.45) is 5.60. The molecule has 1 aromatic carbocycles. The molecule has 5 nitrogen and oxygen atoms in total. The number of carbonyl (C=O) groups excluding carboxylic acids is 1. The molecule has 0 unspecified atom stereocenters. The van der Waals surface area contributed by atoms with Crippen LogP contribution in [0.5, 0.6) is 5.75 Å². The van der Waals surface area contributed by atoms with E-state index in [1.165, 1.54) is 13.3 Å². The minimum Gasteiger partial charge on any atom is -0.495 e. The predicted octanol–water partition coefficient (Wildman–Crippen LogP) is 3.23. The Balaban J connectivity index is 2.01. The fraction of sp³-hybridized carbons (Fsp3) is 0.375. The highest BCUT2D eigenvalue weighted by Gasteiger charge is 2.19. The van der Waals surface area contributed by atoms with E-state index >= 15 is 0 Å². The summed E-state index contributed by atoms with van der Waals surface area (Å²) in [6.45, 7) is 0. The third-order valence-corrected chi connectivity index (χ3v) is 3.89. The number of anilines is 1. The molecule has 1 saturated carbocycles. The van der Waals surface area contributed by atoms with Gasteiger partial charge in [-0.2, -0.15) is 5.26 Å². The Labute approximate surface area is 134 Å². The molecule has 0 saturated heterocycles. The molecule has 0 radical (unpaired) electrons. The van der Waals surface area contributed by atoms with Crippen LogP contribution in [-0.4, -0.2) is 19.1 Å². The van der Waals surface area contributed by atoms with E-state index in [1.807, 2.05) is 6.07 Å². The van der Waals surface area contributed by atoms with Crippen LogP contribution in [0.3, 0.4) is 0 Å². The minimum atomic E-state index is -0.346. The molecule has 6 heteroatoms. The Morgan fingerprint density at radius 3 is 2.77 bits per heavy atom. The molecule has 1 amide bonds. The van der Waals surface area contributed by atoms with Crippen LogP contribution in [-0.2, 0) is 4.79 Å². The summed E-state index contributed by atoms with van der Waals surface area (Å²) in [5, 5.41) is 15.4. The van der Waals surface area contributed by atoms with Crippen LogP contribution in [0, 0.1) is 11.3 Å². The van der Waals surface area contributed by atoms with Crippen molar-refractivity contribution in [2.24, 2.45) is 0 Å². The second-order valence-electron chi connectivity index (χ2n) is 5.12. The van der Waals surface area contributed by atoms with Gasteiger partial charge in [-0.1, -0.05) is 24.4 Å². The zero-order chi connectivity index (χ0) is 15.9. The number of carbonyl (C=O) groups is 1. The Hall–Kier alpha value is -2.19. The smallest absolute Gasteiger partial charge is 0.263 e. The first kappa shape index (κ1) is 16.2. The number of rotatable bonds is 5. The van der Waals surface area contributed by atoms with Gasteiger partial charge in [-0.25, -0.2) is 0 Å². The first-order valence-electron chi connectivity index (χ1n) is 7.15. The third kappa shape index (κ3) is 4.15. The van der Waals surface area contributed by atoms with Gasteiger partial charge in [0.2, 0.25) is 0 Å². The van der Waals surface area contributed by atoms with Crippen molar-refractivity contribution in [3.8, 4) is 11.8 Å². The number of nitriles is 1. The van der Waals surface area contributed by atoms with Crippen LogP contribution in [0.2, 0.25) is 5.02 Å². The van der Waals surface area contributed by atoms with Crippen molar-refractivity contribution in [3.63, 3.8) is 0 Å². The van der Waals surface area contributed by atoms with Gasteiger partial charge >= 0.3 is 0 Å². The lowest BCUT2D eigenvalue weighted by molar-refractivity contribution is -0.117. The fourth-order valence-electron chi connectivity index (χ4n) is 2.39. The topological polar surface area (TPSA) is 74.1 Å². The molecule has 0 aromatic heterocycles. The lowest BCUT2D eigenvalue weighted by Gasteiger charge is -2.11. The summed E-state index contributed by atoms with van der Waals surface area (Å²) in [6, 6.07) is 7.23. The Bertz CT molecular complexity index is 616. The van der Waals surface area contributed by atoms with Gasteiger partial charge in [0, 0.05) is 17.9 Å². The van der Waals surface area contributed by atoms with Crippen LogP contribution >= 0.6 is 11.6 Å². The van der Waals surface area contributed by atoms with Crippen molar-refractivity contribution in [3.05, 3.63) is 35.0 Å². The van der Waals surface area contributed by atoms with Gasteiger partial charge in [-0.15, -0.1) is 0 Å². The lowest BCUT2D eigenvalue weighted by atomic mass is 10.2. The fourth-order valence-corrected chi connectivity index (χ4v) is 2.65. The number of ether oxygens (including phenoxy) is 1. The molecule has 1 fully saturated rings. The molecule has 0 aliphatic heterocycles. The van der Waals surface area contributed by atoms with Crippen molar-refractivity contribution >= 4 is 23.2 Å². The molecule has 2 rings (SSSR count). The van der Waals surface area contributed by atoms with Crippen LogP contribution in [0.25, 0.3) is 0 Å². The predicted molar refractivity (Wildman–Crippen MR) is 85.7 cm³/mol. The number of hydrogen-bond acceptors (Lipinski definition) is 4. The highest BCUT2D eigenvalue weighted by Crippen LogP contribution is 2.27. The number of methoxy groups -OCH3 is 1. The summed E-state index contributed by atoms with van der Waals surface area (Å²) in [5.74, 6) is 0.220. The van der Waals surface area contributed by atoms with Gasteiger partial charge in [0.15, 0.2) is 0 Å². The summed E-state index contributed by atoms with van der Waals surface area (Å²) in [4.78, 5) is 12.0. The second-order valence-corrected chi connectivity index (χ2v) is 5.53. The monoisotopic (exact) mass is 319 g/mol. The van der Waals surface area contributed by atoms with Crippen molar-refractivity contribution in [2.75, 3.05) is 12.4 Å². The quantitative estimate of drug-likeness (QED) is 0.645. The Morgan fingerprint density at radius 1 is 1.45 bits per heavy atom. The van der Waals surface area contributed by atoms with E-state index in [2.05, 4.69) is 10.6 Å². The number of benzene rings is 1. The number of nitrogens with zero attached hydrogens (tertiary/aromatic N) is 1. The van der Waals surface area contributed by atoms with Crippen LogP contribution < -0.4 is 15.4 Å². The number of halogens is 1. The normalized spacial score (nSPS) is 15.2. The number of nitrogens with one attached hydrogen (secondary N) is 2. The van der Waals surface area contributed by atoms with E-state index in [-0.39, 0.29) is 17.5 Å². The molecule has 116 valence electrons. The average Bonchev–Trinajstić information content (AvgIpc) is 3.01. The molecular weight excluding hydrogens is 302 g/mol. The van der Waals surface area contributed by atoms with E-state index in [1.54, 1.807) is 18.2 Å². The zero-order valence-corrected chi connectivity index (χ0v) is 13.1. The molecule has 22 heavy (non-hydrogen) atoms. The molecule has 0 heterocycles. The molecule has 2 N–H and O–H groups in total. The maximum atomic E-state index is 12.0. The van der Waals surface area contributed by atoms with Gasteiger partial charge in [0.1, 0.15) is 17.4 Å². The molecule has 0 spiro atoms. The Kier molecular flexibility index (Phi) is 5.68. The van der Waals surface area contributed by atoms with E-state index in [9.17, 15) is 4.79 Å². The molecule has 0 atom stereocenters. The van der Waals surface area contributed by atoms with Gasteiger partial charge < -0.3 is 15.4 Å².